The Morgan fingerprint density at radius 2 is 1.65 bits per heavy atom. The number of esters is 1. The molecule has 1 saturated carbocycles. The highest BCUT2D eigenvalue weighted by Crippen LogP contribution is 2.45. The Hall–Kier alpha value is -1.19. The van der Waals surface area contributed by atoms with E-state index in [1.807, 2.05) is 35.7 Å². The summed E-state index contributed by atoms with van der Waals surface area (Å²) < 4.78 is 29.8. The second-order valence-corrected chi connectivity index (χ2v) is 13.4. The number of rotatable bonds is 6. The molecule has 0 bridgehead atoms. The Bertz CT molecular complexity index is 890. The molecule has 1 amide bonds. The van der Waals surface area contributed by atoms with Gasteiger partial charge >= 0.3 is 5.97 Å². The van der Waals surface area contributed by atoms with Crippen molar-refractivity contribution in [3.8, 4) is 0 Å². The van der Waals surface area contributed by atoms with Gasteiger partial charge in [0.2, 0.25) is 0 Å². The first-order valence-corrected chi connectivity index (χ1v) is 14.9. The maximum atomic E-state index is 13.1. The van der Waals surface area contributed by atoms with E-state index in [1.54, 1.807) is 17.0 Å². The zero-order chi connectivity index (χ0) is 21.8. The van der Waals surface area contributed by atoms with Gasteiger partial charge in [0.25, 0.3) is 5.91 Å². The number of thioether (sulfide) groups is 2. The summed E-state index contributed by atoms with van der Waals surface area (Å²) in [5.41, 5.74) is 1.61. The highest BCUT2D eigenvalue weighted by molar-refractivity contribution is 8.19. The number of carbonyl (C=O) groups is 2. The largest absolute Gasteiger partial charge is 0.452 e. The fourth-order valence-corrected chi connectivity index (χ4v) is 9.24. The molecule has 1 unspecified atom stereocenters. The van der Waals surface area contributed by atoms with Gasteiger partial charge in [-0.1, -0.05) is 31.4 Å². The summed E-state index contributed by atoms with van der Waals surface area (Å²) in [6, 6.07) is 7.14. The van der Waals surface area contributed by atoms with Gasteiger partial charge in [-0.3, -0.25) is 4.79 Å². The van der Waals surface area contributed by atoms with Gasteiger partial charge in [-0.05, 0) is 37.0 Å². The lowest BCUT2D eigenvalue weighted by molar-refractivity contribution is -0.140. The van der Waals surface area contributed by atoms with Gasteiger partial charge in [0.15, 0.2) is 16.4 Å². The highest BCUT2D eigenvalue weighted by Gasteiger charge is 2.38. The maximum Gasteiger partial charge on any atom is 0.338 e. The number of hydrogen-bond donors (Lipinski definition) is 0. The molecule has 0 N–H and O–H groups in total. The van der Waals surface area contributed by atoms with Gasteiger partial charge in [0.1, 0.15) is 0 Å². The second kappa shape index (κ2) is 10.2. The smallest absolute Gasteiger partial charge is 0.338 e. The van der Waals surface area contributed by atoms with Gasteiger partial charge < -0.3 is 9.64 Å². The molecule has 0 spiro atoms. The van der Waals surface area contributed by atoms with Gasteiger partial charge in [0, 0.05) is 23.6 Å². The zero-order valence-electron chi connectivity index (χ0n) is 17.5. The zero-order valence-corrected chi connectivity index (χ0v) is 20.0. The molecular formula is C22H29NO5S3. The Balaban J connectivity index is 1.38. The molecule has 1 aromatic rings. The molecular weight excluding hydrogens is 454 g/mol. The van der Waals surface area contributed by atoms with Crippen molar-refractivity contribution in [1.82, 2.24) is 4.90 Å². The molecule has 0 radical (unpaired) electrons. The second-order valence-electron chi connectivity index (χ2n) is 8.42. The molecule has 170 valence electrons. The van der Waals surface area contributed by atoms with Crippen molar-refractivity contribution in [3.63, 3.8) is 0 Å². The van der Waals surface area contributed by atoms with Crippen LogP contribution in [0.3, 0.4) is 0 Å². The summed E-state index contributed by atoms with van der Waals surface area (Å²) in [6.07, 6.45) is 5.46. The van der Waals surface area contributed by atoms with Crippen LogP contribution in [0, 0.1) is 0 Å². The molecule has 2 saturated heterocycles. The van der Waals surface area contributed by atoms with E-state index in [9.17, 15) is 18.0 Å². The van der Waals surface area contributed by atoms with Gasteiger partial charge in [0.05, 0.1) is 21.7 Å². The van der Waals surface area contributed by atoms with Crippen LogP contribution in [0.2, 0.25) is 0 Å². The third kappa shape index (κ3) is 5.79. The van der Waals surface area contributed by atoms with Crippen LogP contribution in [0.5, 0.6) is 0 Å². The van der Waals surface area contributed by atoms with Crippen molar-refractivity contribution >= 4 is 45.2 Å². The van der Waals surface area contributed by atoms with Gasteiger partial charge in [-0.25, -0.2) is 13.2 Å². The van der Waals surface area contributed by atoms with E-state index in [0.717, 1.165) is 43.6 Å². The Labute approximate surface area is 192 Å². The summed E-state index contributed by atoms with van der Waals surface area (Å²) in [4.78, 5) is 27.3. The average Bonchev–Trinajstić information content (AvgIpc) is 3.43. The van der Waals surface area contributed by atoms with Gasteiger partial charge in [-0.2, -0.15) is 0 Å². The van der Waals surface area contributed by atoms with E-state index in [1.165, 1.54) is 5.56 Å². The standard InChI is InChI=1S/C22H29NO5S3/c24-20(23(18-4-2-1-3-5-18)19-10-13-31(26,27)15-19)14-28-21(25)16-6-8-17(9-7-16)22-29-11-12-30-22/h6-9,18-19,22H,1-5,10-15H2. The fourth-order valence-electron chi connectivity index (χ4n) is 4.67. The molecule has 6 nitrogen and oxygen atoms in total. The monoisotopic (exact) mass is 483 g/mol. The van der Waals surface area contributed by atoms with E-state index >= 15 is 0 Å². The lowest BCUT2D eigenvalue weighted by atomic mass is 9.93. The number of hydrogen-bond acceptors (Lipinski definition) is 7. The van der Waals surface area contributed by atoms with Crippen LogP contribution < -0.4 is 0 Å². The molecule has 2 heterocycles. The van der Waals surface area contributed by atoms with E-state index < -0.39 is 15.8 Å². The van der Waals surface area contributed by atoms with Crippen LogP contribution in [0.1, 0.15) is 59.0 Å². The Kier molecular flexibility index (Phi) is 7.54. The summed E-state index contributed by atoms with van der Waals surface area (Å²) in [5.74, 6) is 1.62. The number of benzene rings is 1. The molecule has 4 rings (SSSR count). The van der Waals surface area contributed by atoms with Crippen molar-refractivity contribution in [2.75, 3.05) is 29.6 Å². The number of ether oxygens (including phenoxy) is 1. The number of sulfone groups is 1. The first-order valence-electron chi connectivity index (χ1n) is 10.9. The minimum absolute atomic E-state index is 0.0157. The summed E-state index contributed by atoms with van der Waals surface area (Å²) >= 11 is 3.81. The van der Waals surface area contributed by atoms with Crippen LogP contribution >= 0.6 is 23.5 Å². The van der Waals surface area contributed by atoms with E-state index in [2.05, 4.69) is 0 Å². The van der Waals surface area contributed by atoms with E-state index in [-0.39, 0.29) is 36.1 Å². The normalized spacial score (nSPS) is 24.2. The Morgan fingerprint density at radius 3 is 2.26 bits per heavy atom. The predicted octanol–water partition coefficient (Wildman–Crippen LogP) is 3.67. The van der Waals surface area contributed by atoms with Crippen molar-refractivity contribution in [2.45, 2.75) is 55.2 Å². The first kappa shape index (κ1) is 23.0. The van der Waals surface area contributed by atoms with Crippen LogP contribution in [-0.4, -0.2) is 66.9 Å². The van der Waals surface area contributed by atoms with E-state index in [4.69, 9.17) is 4.74 Å². The van der Waals surface area contributed by atoms with Crippen molar-refractivity contribution < 1.29 is 22.7 Å². The molecule has 1 aromatic carbocycles. The molecule has 9 heteroatoms. The summed E-state index contributed by atoms with van der Waals surface area (Å²) in [7, 11) is -3.10. The van der Waals surface area contributed by atoms with Crippen molar-refractivity contribution in [1.29, 1.82) is 0 Å². The quantitative estimate of drug-likeness (QED) is 0.571. The van der Waals surface area contributed by atoms with Crippen molar-refractivity contribution in [3.05, 3.63) is 35.4 Å². The third-order valence-corrected chi connectivity index (χ3v) is 11.1. The fraction of sp³-hybridized carbons (Fsp3) is 0.636. The average molecular weight is 484 g/mol. The number of carbonyl (C=O) groups excluding carboxylic acids is 2. The molecule has 0 aromatic heterocycles. The van der Waals surface area contributed by atoms with E-state index in [0.29, 0.717) is 16.6 Å². The predicted molar refractivity (Wildman–Crippen MR) is 125 cm³/mol. The first-order chi connectivity index (χ1) is 14.9. The maximum absolute atomic E-state index is 13.1. The van der Waals surface area contributed by atoms with Crippen molar-refractivity contribution in [2.24, 2.45) is 0 Å². The van der Waals surface area contributed by atoms with Crippen LogP contribution in [0.15, 0.2) is 24.3 Å². The molecule has 1 aliphatic carbocycles. The molecule has 3 aliphatic rings. The minimum atomic E-state index is -3.10. The molecule has 3 fully saturated rings. The highest BCUT2D eigenvalue weighted by atomic mass is 32.2. The summed E-state index contributed by atoms with van der Waals surface area (Å²) in [6.45, 7) is -0.345. The van der Waals surface area contributed by atoms with Crippen LogP contribution in [0.4, 0.5) is 0 Å². The summed E-state index contributed by atoms with van der Waals surface area (Å²) in [5, 5.41) is 0. The minimum Gasteiger partial charge on any atom is -0.452 e. The molecule has 2 aliphatic heterocycles. The Morgan fingerprint density at radius 1 is 0.968 bits per heavy atom. The number of amides is 1. The lowest BCUT2D eigenvalue weighted by Crippen LogP contribution is -2.50. The SMILES string of the molecule is O=C(OCC(=O)N(C1CCCCC1)C1CCS(=O)(=O)C1)c1ccc(C2SCCS2)cc1. The third-order valence-electron chi connectivity index (χ3n) is 6.22. The van der Waals surface area contributed by atoms with Gasteiger partial charge in [-0.15, -0.1) is 23.5 Å². The lowest BCUT2D eigenvalue weighted by Gasteiger charge is -2.38. The topological polar surface area (TPSA) is 80.8 Å². The number of nitrogens with zero attached hydrogens (tertiary/aromatic N) is 1. The molecule has 31 heavy (non-hydrogen) atoms. The molecule has 1 atom stereocenters. The van der Waals surface area contributed by atoms with Crippen LogP contribution in [0.25, 0.3) is 0 Å². The van der Waals surface area contributed by atoms with Crippen LogP contribution in [-0.2, 0) is 19.4 Å².